The molecule has 1 aromatic rings. The van der Waals surface area contributed by atoms with Gasteiger partial charge in [0, 0.05) is 37.5 Å². The van der Waals surface area contributed by atoms with Crippen molar-refractivity contribution in [3.8, 4) is 5.75 Å². The highest BCUT2D eigenvalue weighted by molar-refractivity contribution is 5.90. The molecule has 5 rings (SSSR count). The molecule has 1 saturated heterocycles. The third kappa shape index (κ3) is 6.50. The van der Waals surface area contributed by atoms with Gasteiger partial charge in [-0.2, -0.15) is 0 Å². The van der Waals surface area contributed by atoms with E-state index in [2.05, 4.69) is 5.32 Å². The van der Waals surface area contributed by atoms with Crippen molar-refractivity contribution < 1.29 is 19.1 Å². The number of rotatable bonds is 10. The molecule has 38 heavy (non-hydrogen) atoms. The summed E-state index contributed by atoms with van der Waals surface area (Å²) < 4.78 is 5.40. The van der Waals surface area contributed by atoms with Crippen LogP contribution in [0.3, 0.4) is 0 Å². The largest absolute Gasteiger partial charge is 0.497 e. The van der Waals surface area contributed by atoms with Crippen molar-refractivity contribution in [2.24, 2.45) is 29.4 Å². The number of hydrogen-bond donors (Lipinski definition) is 2. The van der Waals surface area contributed by atoms with E-state index in [0.29, 0.717) is 44.3 Å². The van der Waals surface area contributed by atoms with E-state index < -0.39 is 6.04 Å². The zero-order valence-corrected chi connectivity index (χ0v) is 22.8. The van der Waals surface area contributed by atoms with Gasteiger partial charge in [-0.3, -0.25) is 14.4 Å². The number of nitrogens with one attached hydrogen (secondary N) is 1. The van der Waals surface area contributed by atoms with Gasteiger partial charge in [0.25, 0.3) is 0 Å². The summed E-state index contributed by atoms with van der Waals surface area (Å²) in [5, 5.41) is 3.20. The third-order valence-electron chi connectivity index (χ3n) is 9.09. The van der Waals surface area contributed by atoms with E-state index in [1.807, 2.05) is 34.1 Å². The number of nitrogens with two attached hydrogens (primary N) is 1. The predicted octanol–water partition coefficient (Wildman–Crippen LogP) is 3.08. The average molecular weight is 525 g/mol. The monoisotopic (exact) mass is 524 g/mol. The lowest BCUT2D eigenvalue weighted by Crippen LogP contribution is -2.58. The van der Waals surface area contributed by atoms with Crippen molar-refractivity contribution in [2.75, 3.05) is 26.7 Å². The first-order valence-electron chi connectivity index (χ1n) is 14.7. The molecule has 0 spiro atoms. The van der Waals surface area contributed by atoms with Gasteiger partial charge in [-0.25, -0.2) is 0 Å². The molecule has 3 aliphatic carbocycles. The van der Waals surface area contributed by atoms with Crippen LogP contribution >= 0.6 is 0 Å². The Morgan fingerprint density at radius 3 is 2.37 bits per heavy atom. The van der Waals surface area contributed by atoms with Gasteiger partial charge in [-0.1, -0.05) is 12.1 Å². The zero-order chi connectivity index (χ0) is 26.6. The maximum absolute atomic E-state index is 13.6. The van der Waals surface area contributed by atoms with Crippen molar-refractivity contribution in [3.05, 3.63) is 29.8 Å². The summed E-state index contributed by atoms with van der Waals surface area (Å²) in [6.45, 7) is 2.41. The molecular formula is C30H44N4O4. The number of likely N-dealkylation sites (tertiary alicyclic amines) is 1. The van der Waals surface area contributed by atoms with Gasteiger partial charge in [0.2, 0.25) is 17.7 Å². The average Bonchev–Trinajstić information content (AvgIpc) is 3.87. The Morgan fingerprint density at radius 2 is 1.71 bits per heavy atom. The summed E-state index contributed by atoms with van der Waals surface area (Å²) in [6, 6.07) is 7.24. The minimum atomic E-state index is -0.526. The van der Waals surface area contributed by atoms with Crippen molar-refractivity contribution in [1.29, 1.82) is 0 Å². The standard InChI is InChI=1S/C30H44N4O4/c1-38-26-4-2-3-22(15-26)19-34(30(37)24-11-12-24)25-13-14-33(29(36)23-9-10-23)27(16-25)28(35)32-18-21-7-5-20(17-31)6-8-21/h2-4,15,20-21,23-25,27H,5-14,16-19,31H2,1H3,(H,32,35)/t20?,21?,25?,27-/m1/s1. The summed E-state index contributed by atoms with van der Waals surface area (Å²) in [6.07, 6.45) is 9.31. The summed E-state index contributed by atoms with van der Waals surface area (Å²) in [7, 11) is 1.64. The van der Waals surface area contributed by atoms with E-state index in [4.69, 9.17) is 10.5 Å². The summed E-state index contributed by atoms with van der Waals surface area (Å²) in [5.74, 6) is 2.21. The van der Waals surface area contributed by atoms with E-state index in [1.165, 1.54) is 0 Å². The molecule has 208 valence electrons. The van der Waals surface area contributed by atoms with Crippen molar-refractivity contribution in [3.63, 3.8) is 0 Å². The SMILES string of the molecule is COc1cccc(CN(C(=O)C2CC2)C2CCN(C(=O)C3CC3)[C@@H](C(=O)NCC3CCC(CN)CC3)C2)c1. The normalized spacial score (nSPS) is 27.5. The first-order chi connectivity index (χ1) is 18.5. The van der Waals surface area contributed by atoms with Gasteiger partial charge < -0.3 is 25.6 Å². The van der Waals surface area contributed by atoms with Crippen LogP contribution in [-0.2, 0) is 20.9 Å². The molecule has 3 amide bonds. The molecule has 8 heteroatoms. The van der Waals surface area contributed by atoms with E-state index in [-0.39, 0.29) is 35.6 Å². The smallest absolute Gasteiger partial charge is 0.242 e. The van der Waals surface area contributed by atoms with Gasteiger partial charge in [0.15, 0.2) is 0 Å². The number of carbonyl (C=O) groups excluding carboxylic acids is 3. The molecule has 4 aliphatic rings. The number of piperidine rings is 1. The number of benzene rings is 1. The van der Waals surface area contributed by atoms with Crippen LogP contribution in [0.5, 0.6) is 5.75 Å². The fraction of sp³-hybridized carbons (Fsp3) is 0.700. The van der Waals surface area contributed by atoms with Crippen molar-refractivity contribution >= 4 is 17.7 Å². The van der Waals surface area contributed by atoms with Crippen LogP contribution in [0, 0.1) is 23.7 Å². The van der Waals surface area contributed by atoms with Crippen LogP contribution in [0.1, 0.15) is 69.8 Å². The Bertz CT molecular complexity index is 1000. The van der Waals surface area contributed by atoms with Gasteiger partial charge in [-0.15, -0.1) is 0 Å². The number of nitrogens with zero attached hydrogens (tertiary/aromatic N) is 2. The lowest BCUT2D eigenvalue weighted by Gasteiger charge is -2.43. The molecule has 1 aromatic carbocycles. The fourth-order valence-electron chi connectivity index (χ4n) is 6.26. The van der Waals surface area contributed by atoms with E-state index >= 15 is 0 Å². The van der Waals surface area contributed by atoms with Crippen LogP contribution in [0.2, 0.25) is 0 Å². The second kappa shape index (κ2) is 12.1. The second-order valence-corrected chi connectivity index (χ2v) is 12.0. The Balaban J connectivity index is 1.29. The third-order valence-corrected chi connectivity index (χ3v) is 9.09. The van der Waals surface area contributed by atoms with Crippen molar-refractivity contribution in [1.82, 2.24) is 15.1 Å². The van der Waals surface area contributed by atoms with E-state index in [1.54, 1.807) is 7.11 Å². The van der Waals surface area contributed by atoms with Crippen molar-refractivity contribution in [2.45, 2.75) is 82.8 Å². The molecule has 0 radical (unpaired) electrons. The number of methoxy groups -OCH3 is 1. The lowest BCUT2D eigenvalue weighted by molar-refractivity contribution is -0.147. The highest BCUT2D eigenvalue weighted by Crippen LogP contribution is 2.37. The van der Waals surface area contributed by atoms with Crippen LogP contribution in [-0.4, -0.2) is 66.3 Å². The molecule has 0 bridgehead atoms. The Kier molecular flexibility index (Phi) is 8.56. The Labute approximate surface area is 226 Å². The molecule has 1 unspecified atom stereocenters. The number of carbonyl (C=O) groups is 3. The molecule has 4 fully saturated rings. The number of amides is 3. The maximum atomic E-state index is 13.6. The molecule has 0 aromatic heterocycles. The first kappa shape index (κ1) is 27.0. The van der Waals surface area contributed by atoms with Gasteiger partial charge in [-0.05, 0) is 100 Å². The molecule has 1 aliphatic heterocycles. The van der Waals surface area contributed by atoms with Gasteiger partial charge in [0.1, 0.15) is 11.8 Å². The Morgan fingerprint density at radius 1 is 1.00 bits per heavy atom. The highest BCUT2D eigenvalue weighted by atomic mass is 16.5. The first-order valence-corrected chi connectivity index (χ1v) is 14.7. The molecule has 1 heterocycles. The fourth-order valence-corrected chi connectivity index (χ4v) is 6.26. The van der Waals surface area contributed by atoms with E-state index in [9.17, 15) is 14.4 Å². The Hall–Kier alpha value is -2.61. The summed E-state index contributed by atoms with van der Waals surface area (Å²) in [4.78, 5) is 44.0. The molecule has 2 atom stereocenters. The van der Waals surface area contributed by atoms with E-state index in [0.717, 1.165) is 69.2 Å². The minimum absolute atomic E-state index is 0.0642. The van der Waals surface area contributed by atoms with Crippen LogP contribution < -0.4 is 15.8 Å². The quantitative estimate of drug-likeness (QED) is 0.490. The van der Waals surface area contributed by atoms with Crippen LogP contribution in [0.25, 0.3) is 0 Å². The number of ether oxygens (including phenoxy) is 1. The van der Waals surface area contributed by atoms with Crippen LogP contribution in [0.4, 0.5) is 0 Å². The second-order valence-electron chi connectivity index (χ2n) is 12.0. The lowest BCUT2D eigenvalue weighted by atomic mass is 9.82. The van der Waals surface area contributed by atoms with Gasteiger partial charge >= 0.3 is 0 Å². The van der Waals surface area contributed by atoms with Crippen LogP contribution in [0.15, 0.2) is 24.3 Å². The van der Waals surface area contributed by atoms with Gasteiger partial charge in [0.05, 0.1) is 7.11 Å². The predicted molar refractivity (Wildman–Crippen MR) is 145 cm³/mol. The highest BCUT2D eigenvalue weighted by Gasteiger charge is 2.45. The molecule has 3 saturated carbocycles. The minimum Gasteiger partial charge on any atom is -0.497 e. The maximum Gasteiger partial charge on any atom is 0.242 e. The molecular weight excluding hydrogens is 480 g/mol. The summed E-state index contributed by atoms with van der Waals surface area (Å²) in [5.41, 5.74) is 6.86. The molecule has 8 nitrogen and oxygen atoms in total. The zero-order valence-electron chi connectivity index (χ0n) is 22.8. The molecule has 3 N–H and O–H groups in total. The topological polar surface area (TPSA) is 105 Å². The number of hydrogen-bond acceptors (Lipinski definition) is 5. The summed E-state index contributed by atoms with van der Waals surface area (Å²) >= 11 is 0.